The molecule has 4 nitrogen and oxygen atoms in total. The normalized spacial score (nSPS) is 18.0. The first-order valence-corrected chi connectivity index (χ1v) is 8.26. The van der Waals surface area contributed by atoms with Gasteiger partial charge in [0.05, 0.1) is 5.69 Å². The minimum atomic E-state index is -0.621. The summed E-state index contributed by atoms with van der Waals surface area (Å²) in [7, 11) is 0. The number of hydrogen-bond donors (Lipinski definition) is 1. The van der Waals surface area contributed by atoms with Gasteiger partial charge in [0.2, 0.25) is 5.95 Å². The Morgan fingerprint density at radius 2 is 2.00 bits per heavy atom. The number of piperidine rings is 1. The van der Waals surface area contributed by atoms with Gasteiger partial charge in [0.25, 0.3) is 5.56 Å². The molecule has 6 heteroatoms. The zero-order valence-electron chi connectivity index (χ0n) is 13.9. The molecule has 1 aromatic carbocycles. The lowest BCUT2D eigenvalue weighted by Crippen LogP contribution is -2.40. The van der Waals surface area contributed by atoms with Crippen LogP contribution in [-0.4, -0.2) is 22.6 Å². The van der Waals surface area contributed by atoms with Crippen LogP contribution in [0, 0.1) is 18.6 Å². The summed E-state index contributed by atoms with van der Waals surface area (Å²) in [6.07, 6.45) is 3.19. The number of rotatable bonds is 3. The van der Waals surface area contributed by atoms with Crippen molar-refractivity contribution in [3.05, 3.63) is 57.0 Å². The Kier molecular flexibility index (Phi) is 4.64. The van der Waals surface area contributed by atoms with Gasteiger partial charge >= 0.3 is 0 Å². The first-order chi connectivity index (χ1) is 11.5. The van der Waals surface area contributed by atoms with Crippen molar-refractivity contribution >= 4 is 5.95 Å². The van der Waals surface area contributed by atoms with Crippen molar-refractivity contribution in [3.8, 4) is 0 Å². The van der Waals surface area contributed by atoms with Gasteiger partial charge in [-0.05, 0) is 45.2 Å². The molecule has 0 saturated carbocycles. The van der Waals surface area contributed by atoms with E-state index >= 15 is 0 Å². The molecule has 2 heterocycles. The molecule has 0 aliphatic carbocycles. The van der Waals surface area contributed by atoms with Crippen molar-refractivity contribution in [2.24, 2.45) is 0 Å². The lowest BCUT2D eigenvalue weighted by molar-refractivity contribution is 0.476. The molecule has 1 saturated heterocycles. The first kappa shape index (κ1) is 16.6. The molecule has 1 atom stereocenters. The summed E-state index contributed by atoms with van der Waals surface area (Å²) in [5.74, 6) is -0.752. The van der Waals surface area contributed by atoms with Crippen LogP contribution in [0.3, 0.4) is 0 Å². The summed E-state index contributed by atoms with van der Waals surface area (Å²) < 4.78 is 27.8. The molecule has 0 radical (unpaired) electrons. The molecule has 1 N–H and O–H groups in total. The third-order valence-corrected chi connectivity index (χ3v) is 4.72. The van der Waals surface area contributed by atoms with Crippen LogP contribution in [0.1, 0.15) is 43.0 Å². The molecule has 3 rings (SSSR count). The molecule has 1 aliphatic heterocycles. The standard InChI is InChI=1S/C18H21F2N3O/c1-11-6-3-4-9-23(11)18-21-16(12(2)17(24)22-18)10-13-14(19)7-5-8-15(13)20/h5,7-8,11H,3-4,6,9-10H2,1-2H3,(H,21,22,24). The Hall–Kier alpha value is -2.24. The number of halogens is 2. The topological polar surface area (TPSA) is 49.0 Å². The van der Waals surface area contributed by atoms with Gasteiger partial charge in [0.15, 0.2) is 0 Å². The lowest BCUT2D eigenvalue weighted by atomic mass is 10.0. The highest BCUT2D eigenvalue weighted by Crippen LogP contribution is 2.23. The zero-order valence-corrected chi connectivity index (χ0v) is 13.9. The number of nitrogens with zero attached hydrogens (tertiary/aromatic N) is 2. The Labute approximate surface area is 139 Å². The average Bonchev–Trinajstić information content (AvgIpc) is 2.55. The summed E-state index contributed by atoms with van der Waals surface area (Å²) in [6.45, 7) is 4.54. The molecule has 0 amide bonds. The van der Waals surface area contributed by atoms with Crippen molar-refractivity contribution in [2.75, 3.05) is 11.4 Å². The van der Waals surface area contributed by atoms with Crippen LogP contribution in [0.25, 0.3) is 0 Å². The van der Waals surface area contributed by atoms with E-state index in [1.165, 1.54) is 18.2 Å². The van der Waals surface area contributed by atoms with Gasteiger partial charge in [-0.1, -0.05) is 6.07 Å². The van der Waals surface area contributed by atoms with Crippen LogP contribution in [-0.2, 0) is 6.42 Å². The minimum absolute atomic E-state index is 0.0382. The third-order valence-electron chi connectivity index (χ3n) is 4.72. The molecule has 0 bridgehead atoms. The Morgan fingerprint density at radius 1 is 1.29 bits per heavy atom. The van der Waals surface area contributed by atoms with Crippen LogP contribution in [0.4, 0.5) is 14.7 Å². The van der Waals surface area contributed by atoms with E-state index in [1.54, 1.807) is 6.92 Å². The molecule has 128 valence electrons. The molecular weight excluding hydrogens is 312 g/mol. The van der Waals surface area contributed by atoms with Gasteiger partial charge in [-0.15, -0.1) is 0 Å². The maximum atomic E-state index is 13.9. The van der Waals surface area contributed by atoms with E-state index in [1.807, 2.05) is 0 Å². The molecule has 1 aromatic heterocycles. The van der Waals surface area contributed by atoms with Crippen LogP contribution in [0.15, 0.2) is 23.0 Å². The molecular formula is C18H21F2N3O. The van der Waals surface area contributed by atoms with Crippen LogP contribution < -0.4 is 10.5 Å². The number of benzene rings is 1. The number of aromatic nitrogens is 2. The molecule has 1 aliphatic rings. The quantitative estimate of drug-likeness (QED) is 0.937. The van der Waals surface area contributed by atoms with E-state index in [0.29, 0.717) is 17.2 Å². The first-order valence-electron chi connectivity index (χ1n) is 8.26. The Bertz CT molecular complexity index is 783. The summed E-state index contributed by atoms with van der Waals surface area (Å²) in [5.41, 5.74) is 0.488. The van der Waals surface area contributed by atoms with Crippen molar-refractivity contribution in [1.82, 2.24) is 9.97 Å². The maximum absolute atomic E-state index is 13.9. The highest BCUT2D eigenvalue weighted by atomic mass is 19.1. The van der Waals surface area contributed by atoms with Gasteiger partial charge in [0, 0.05) is 30.1 Å². The fraction of sp³-hybridized carbons (Fsp3) is 0.444. The monoisotopic (exact) mass is 333 g/mol. The summed E-state index contributed by atoms with van der Waals surface area (Å²) in [6, 6.07) is 4.04. The molecule has 1 fully saturated rings. The summed E-state index contributed by atoms with van der Waals surface area (Å²) in [4.78, 5) is 21.6. The van der Waals surface area contributed by atoms with Crippen molar-refractivity contribution in [2.45, 2.75) is 45.6 Å². The number of H-pyrrole nitrogens is 1. The van der Waals surface area contributed by atoms with E-state index < -0.39 is 11.6 Å². The minimum Gasteiger partial charge on any atom is -0.340 e. The Morgan fingerprint density at radius 3 is 2.67 bits per heavy atom. The fourth-order valence-electron chi connectivity index (χ4n) is 3.16. The number of hydrogen-bond acceptors (Lipinski definition) is 3. The van der Waals surface area contributed by atoms with Crippen molar-refractivity contribution < 1.29 is 8.78 Å². The van der Waals surface area contributed by atoms with Gasteiger partial charge in [0.1, 0.15) is 11.6 Å². The summed E-state index contributed by atoms with van der Waals surface area (Å²) >= 11 is 0. The molecule has 2 aromatic rings. The van der Waals surface area contributed by atoms with Crippen molar-refractivity contribution in [3.63, 3.8) is 0 Å². The van der Waals surface area contributed by atoms with Crippen molar-refractivity contribution in [1.29, 1.82) is 0 Å². The molecule has 0 spiro atoms. The van der Waals surface area contributed by atoms with E-state index in [2.05, 4.69) is 21.8 Å². The highest BCUT2D eigenvalue weighted by molar-refractivity contribution is 5.37. The number of nitrogens with one attached hydrogen (secondary N) is 1. The fourth-order valence-corrected chi connectivity index (χ4v) is 3.16. The number of anilines is 1. The second-order valence-electron chi connectivity index (χ2n) is 6.38. The van der Waals surface area contributed by atoms with Gasteiger partial charge in [-0.2, -0.15) is 0 Å². The van der Waals surface area contributed by atoms with Gasteiger partial charge in [-0.3, -0.25) is 9.78 Å². The third kappa shape index (κ3) is 3.18. The second kappa shape index (κ2) is 6.71. The van der Waals surface area contributed by atoms with Crippen LogP contribution >= 0.6 is 0 Å². The zero-order chi connectivity index (χ0) is 17.3. The SMILES string of the molecule is Cc1c(Cc2c(F)cccc2F)nc(N2CCCCC2C)[nH]c1=O. The second-order valence-corrected chi connectivity index (χ2v) is 6.38. The maximum Gasteiger partial charge on any atom is 0.255 e. The van der Waals surface area contributed by atoms with Crippen LogP contribution in [0.2, 0.25) is 0 Å². The molecule has 24 heavy (non-hydrogen) atoms. The smallest absolute Gasteiger partial charge is 0.255 e. The van der Waals surface area contributed by atoms with E-state index in [-0.39, 0.29) is 23.6 Å². The molecule has 1 unspecified atom stereocenters. The predicted molar refractivity (Wildman–Crippen MR) is 89.4 cm³/mol. The predicted octanol–water partition coefficient (Wildman–Crippen LogP) is 3.33. The average molecular weight is 333 g/mol. The lowest BCUT2D eigenvalue weighted by Gasteiger charge is -2.34. The number of aromatic amines is 1. The van der Waals surface area contributed by atoms with Crippen LogP contribution in [0.5, 0.6) is 0 Å². The Balaban J connectivity index is 2.00. The van der Waals surface area contributed by atoms with E-state index in [9.17, 15) is 13.6 Å². The van der Waals surface area contributed by atoms with Gasteiger partial charge in [-0.25, -0.2) is 13.8 Å². The summed E-state index contributed by atoms with van der Waals surface area (Å²) in [5, 5.41) is 0. The van der Waals surface area contributed by atoms with E-state index in [0.717, 1.165) is 25.8 Å². The van der Waals surface area contributed by atoms with E-state index in [4.69, 9.17) is 0 Å². The highest BCUT2D eigenvalue weighted by Gasteiger charge is 2.22. The largest absolute Gasteiger partial charge is 0.340 e. The van der Waals surface area contributed by atoms with Gasteiger partial charge < -0.3 is 4.90 Å².